The van der Waals surface area contributed by atoms with Gasteiger partial charge in [-0.25, -0.2) is 4.90 Å². The summed E-state index contributed by atoms with van der Waals surface area (Å²) >= 11 is 5.99. The molecule has 0 aliphatic carbocycles. The van der Waals surface area contributed by atoms with Gasteiger partial charge in [-0.05, 0) is 49.7 Å². The average Bonchev–Trinajstić information content (AvgIpc) is 3.41. The fraction of sp³-hybridized carbons (Fsp3) is 0.318. The summed E-state index contributed by atoms with van der Waals surface area (Å²) in [4.78, 5) is 44.0. The number of carbonyl (C=O) groups is 3. The Labute approximate surface area is 172 Å². The Bertz CT molecular complexity index is 1080. The van der Waals surface area contributed by atoms with Gasteiger partial charge >= 0.3 is 0 Å². The Morgan fingerprint density at radius 1 is 1.00 bits per heavy atom. The van der Waals surface area contributed by atoms with Crippen LogP contribution in [-0.4, -0.2) is 35.2 Å². The fourth-order valence-corrected chi connectivity index (χ4v) is 6.13. The van der Waals surface area contributed by atoms with Crippen LogP contribution in [0.15, 0.2) is 48.5 Å². The van der Waals surface area contributed by atoms with Crippen molar-refractivity contribution in [3.05, 3.63) is 59.1 Å². The molecule has 0 saturated carbocycles. The first kappa shape index (κ1) is 17.2. The SMILES string of the molecule is O=C1C2C3CCCN3C3(C(=O)Nc4ccccc43)C2C(=O)N1c1ccc(Cl)cc1. The van der Waals surface area contributed by atoms with E-state index in [9.17, 15) is 14.4 Å². The number of nitrogens with zero attached hydrogens (tertiary/aromatic N) is 2. The van der Waals surface area contributed by atoms with E-state index in [1.165, 1.54) is 4.90 Å². The Morgan fingerprint density at radius 3 is 2.55 bits per heavy atom. The number of nitrogens with one attached hydrogen (secondary N) is 1. The Hall–Kier alpha value is -2.70. The van der Waals surface area contributed by atoms with Crippen molar-refractivity contribution < 1.29 is 14.4 Å². The van der Waals surface area contributed by atoms with Crippen molar-refractivity contribution in [2.75, 3.05) is 16.8 Å². The topological polar surface area (TPSA) is 69.7 Å². The van der Waals surface area contributed by atoms with E-state index in [4.69, 9.17) is 11.6 Å². The first-order valence-corrected chi connectivity index (χ1v) is 10.2. The second kappa shape index (κ2) is 5.68. The minimum atomic E-state index is -1.11. The molecule has 3 fully saturated rings. The maximum atomic E-state index is 13.7. The largest absolute Gasteiger partial charge is 0.324 e. The van der Waals surface area contributed by atoms with Gasteiger partial charge in [0.15, 0.2) is 0 Å². The smallest absolute Gasteiger partial charge is 0.250 e. The third kappa shape index (κ3) is 1.93. The molecule has 3 saturated heterocycles. The molecule has 146 valence electrons. The van der Waals surface area contributed by atoms with Crippen molar-refractivity contribution in [1.29, 1.82) is 0 Å². The minimum Gasteiger partial charge on any atom is -0.324 e. The number of fused-ring (bicyclic) bond motifs is 7. The number of carbonyl (C=O) groups excluding carboxylic acids is 3. The molecule has 29 heavy (non-hydrogen) atoms. The number of imide groups is 1. The van der Waals surface area contributed by atoms with Crippen molar-refractivity contribution in [3.8, 4) is 0 Å². The number of rotatable bonds is 1. The van der Waals surface area contributed by atoms with Crippen molar-refractivity contribution in [2.45, 2.75) is 24.4 Å². The highest BCUT2D eigenvalue weighted by Gasteiger charge is 2.74. The summed E-state index contributed by atoms with van der Waals surface area (Å²) in [7, 11) is 0. The highest BCUT2D eigenvalue weighted by molar-refractivity contribution is 6.31. The molecule has 6 rings (SSSR count). The van der Waals surface area contributed by atoms with Gasteiger partial charge in [0.2, 0.25) is 17.7 Å². The quantitative estimate of drug-likeness (QED) is 0.738. The average molecular weight is 408 g/mol. The number of para-hydroxylation sites is 1. The summed E-state index contributed by atoms with van der Waals surface area (Å²) in [5.41, 5.74) is 0.929. The number of benzene rings is 2. The van der Waals surface area contributed by atoms with Gasteiger partial charge in [-0.3, -0.25) is 19.3 Å². The van der Waals surface area contributed by atoms with Crippen LogP contribution >= 0.6 is 11.6 Å². The minimum absolute atomic E-state index is 0.106. The van der Waals surface area contributed by atoms with E-state index < -0.39 is 17.4 Å². The van der Waals surface area contributed by atoms with Crippen molar-refractivity contribution in [3.63, 3.8) is 0 Å². The van der Waals surface area contributed by atoms with E-state index in [2.05, 4.69) is 10.2 Å². The summed E-state index contributed by atoms with van der Waals surface area (Å²) in [5, 5.41) is 3.51. The molecule has 1 N–H and O–H groups in total. The normalized spacial score (nSPS) is 32.7. The lowest BCUT2D eigenvalue weighted by molar-refractivity contribution is -0.135. The highest BCUT2D eigenvalue weighted by atomic mass is 35.5. The summed E-state index contributed by atoms with van der Waals surface area (Å²) in [6, 6.07) is 14.1. The van der Waals surface area contributed by atoms with Gasteiger partial charge in [-0.15, -0.1) is 0 Å². The van der Waals surface area contributed by atoms with Gasteiger partial charge < -0.3 is 5.32 Å². The predicted molar refractivity (Wildman–Crippen MR) is 107 cm³/mol. The molecule has 6 nitrogen and oxygen atoms in total. The van der Waals surface area contributed by atoms with Crippen LogP contribution in [0.4, 0.5) is 11.4 Å². The second-order valence-electron chi connectivity index (χ2n) is 8.16. The maximum absolute atomic E-state index is 13.7. The number of hydrogen-bond donors (Lipinski definition) is 1. The number of hydrogen-bond acceptors (Lipinski definition) is 4. The first-order valence-electron chi connectivity index (χ1n) is 9.86. The molecule has 4 aliphatic heterocycles. The van der Waals surface area contributed by atoms with E-state index in [1.54, 1.807) is 24.3 Å². The van der Waals surface area contributed by atoms with E-state index in [1.807, 2.05) is 24.3 Å². The molecule has 0 radical (unpaired) electrons. The molecular weight excluding hydrogens is 390 g/mol. The lowest BCUT2D eigenvalue weighted by Crippen LogP contribution is -2.54. The molecule has 1 spiro atoms. The molecular formula is C22H18ClN3O3. The van der Waals surface area contributed by atoms with Crippen LogP contribution in [0.5, 0.6) is 0 Å². The van der Waals surface area contributed by atoms with Gasteiger partial charge in [0.1, 0.15) is 5.54 Å². The van der Waals surface area contributed by atoms with E-state index in [0.29, 0.717) is 17.3 Å². The molecule has 4 aliphatic rings. The molecule has 3 amide bonds. The molecule has 4 atom stereocenters. The van der Waals surface area contributed by atoms with Crippen LogP contribution < -0.4 is 10.2 Å². The number of anilines is 2. The maximum Gasteiger partial charge on any atom is 0.250 e. The lowest BCUT2D eigenvalue weighted by Gasteiger charge is -2.36. The molecule has 2 aromatic rings. The molecule has 0 aromatic heterocycles. The highest BCUT2D eigenvalue weighted by Crippen LogP contribution is 2.60. The zero-order chi connectivity index (χ0) is 19.9. The summed E-state index contributed by atoms with van der Waals surface area (Å²) in [5.74, 6) is -1.95. The van der Waals surface area contributed by atoms with Crippen molar-refractivity contribution >= 4 is 40.7 Å². The van der Waals surface area contributed by atoms with Gasteiger partial charge in [-0.2, -0.15) is 0 Å². The molecule has 0 bridgehead atoms. The third-order valence-corrected chi connectivity index (χ3v) is 7.24. The fourth-order valence-electron chi connectivity index (χ4n) is 6.00. The van der Waals surface area contributed by atoms with Crippen LogP contribution in [0.25, 0.3) is 0 Å². The van der Waals surface area contributed by atoms with E-state index in [0.717, 1.165) is 24.1 Å². The molecule has 2 aromatic carbocycles. The van der Waals surface area contributed by atoms with E-state index in [-0.39, 0.29) is 23.8 Å². The zero-order valence-electron chi connectivity index (χ0n) is 15.5. The van der Waals surface area contributed by atoms with Crippen LogP contribution in [0.1, 0.15) is 18.4 Å². The van der Waals surface area contributed by atoms with E-state index >= 15 is 0 Å². The van der Waals surface area contributed by atoms with Crippen LogP contribution in [0.3, 0.4) is 0 Å². The Balaban J connectivity index is 1.55. The molecule has 7 heteroatoms. The molecule has 4 unspecified atom stereocenters. The van der Waals surface area contributed by atoms with Gasteiger partial charge in [0.05, 0.1) is 17.5 Å². The monoisotopic (exact) mass is 407 g/mol. The summed E-state index contributed by atoms with van der Waals surface area (Å²) < 4.78 is 0. The number of halogens is 1. The third-order valence-electron chi connectivity index (χ3n) is 6.98. The van der Waals surface area contributed by atoms with Crippen molar-refractivity contribution in [1.82, 2.24) is 4.90 Å². The predicted octanol–water partition coefficient (Wildman–Crippen LogP) is 2.77. The molecule has 4 heterocycles. The lowest BCUT2D eigenvalue weighted by atomic mass is 9.75. The second-order valence-corrected chi connectivity index (χ2v) is 8.60. The van der Waals surface area contributed by atoms with Crippen LogP contribution in [-0.2, 0) is 19.9 Å². The van der Waals surface area contributed by atoms with Gasteiger partial charge in [0, 0.05) is 22.3 Å². The van der Waals surface area contributed by atoms with Gasteiger partial charge in [0.25, 0.3) is 0 Å². The van der Waals surface area contributed by atoms with Crippen LogP contribution in [0.2, 0.25) is 5.02 Å². The Morgan fingerprint density at radius 2 is 1.76 bits per heavy atom. The van der Waals surface area contributed by atoms with Crippen LogP contribution in [0, 0.1) is 11.8 Å². The standard InChI is InChI=1S/C22H18ClN3O3/c23-12-7-9-13(10-8-12)26-19(27)17-16-6-3-11-25(16)22(18(17)20(26)28)14-4-1-2-5-15(14)24-21(22)29/h1-2,4-5,7-10,16-18H,3,6,11H2,(H,24,29). The number of amides is 3. The first-order chi connectivity index (χ1) is 14.0. The van der Waals surface area contributed by atoms with Crippen molar-refractivity contribution in [2.24, 2.45) is 11.8 Å². The zero-order valence-corrected chi connectivity index (χ0v) is 16.2. The van der Waals surface area contributed by atoms with Gasteiger partial charge in [-0.1, -0.05) is 29.8 Å². The summed E-state index contributed by atoms with van der Waals surface area (Å²) in [6.45, 7) is 0.709. The summed E-state index contributed by atoms with van der Waals surface area (Å²) in [6.07, 6.45) is 1.72. The Kier molecular flexibility index (Phi) is 3.36.